The molecule has 0 aliphatic heterocycles. The molecule has 1 N–H and O–H groups in total. The lowest BCUT2D eigenvalue weighted by Crippen LogP contribution is -2.38. The summed E-state index contributed by atoms with van der Waals surface area (Å²) in [6.07, 6.45) is 12.7. The minimum absolute atomic E-state index is 0.349. The van der Waals surface area contributed by atoms with E-state index in [2.05, 4.69) is 26.8 Å². The fourth-order valence-corrected chi connectivity index (χ4v) is 2.82. The summed E-state index contributed by atoms with van der Waals surface area (Å²) in [6.45, 7) is 6.56. The maximum absolute atomic E-state index is 10.7. The van der Waals surface area contributed by atoms with E-state index < -0.39 is 5.60 Å². The molecule has 1 aliphatic rings. The maximum Gasteiger partial charge on any atom is 0.0895 e. The van der Waals surface area contributed by atoms with Gasteiger partial charge in [0.2, 0.25) is 0 Å². The topological polar surface area (TPSA) is 20.2 Å². The normalized spacial score (nSPS) is 29.2. The Morgan fingerprint density at radius 3 is 2.50 bits per heavy atom. The van der Waals surface area contributed by atoms with Gasteiger partial charge < -0.3 is 5.11 Å². The highest BCUT2D eigenvalue weighted by atomic mass is 16.3. The number of allylic oxidation sites excluding steroid dienone is 2. The van der Waals surface area contributed by atoms with Crippen molar-refractivity contribution >= 4 is 0 Å². The van der Waals surface area contributed by atoms with Crippen LogP contribution in [0.15, 0.2) is 23.8 Å². The molecule has 0 amide bonds. The molecule has 0 aromatic rings. The first-order chi connectivity index (χ1) is 7.68. The standard InChI is InChI=1S/C15H26O/c1-4-8-13-10-7-12-15(16,11-6-3)14(13)9-5-2/h7,10,12,14,16H,4-6,8-9,11H2,1-3H3. The van der Waals surface area contributed by atoms with E-state index in [1.54, 1.807) is 0 Å². The van der Waals surface area contributed by atoms with Crippen LogP contribution in [0.3, 0.4) is 0 Å². The summed E-state index contributed by atoms with van der Waals surface area (Å²) in [7, 11) is 0. The Bertz CT molecular complexity index is 265. The molecule has 2 atom stereocenters. The highest BCUT2D eigenvalue weighted by Crippen LogP contribution is 2.38. The van der Waals surface area contributed by atoms with Gasteiger partial charge in [-0.2, -0.15) is 0 Å². The van der Waals surface area contributed by atoms with Crippen LogP contribution in [0.2, 0.25) is 0 Å². The van der Waals surface area contributed by atoms with Crippen molar-refractivity contribution < 1.29 is 5.11 Å². The minimum atomic E-state index is -0.579. The van der Waals surface area contributed by atoms with Gasteiger partial charge in [-0.05, 0) is 19.3 Å². The van der Waals surface area contributed by atoms with Crippen LogP contribution in [-0.2, 0) is 0 Å². The van der Waals surface area contributed by atoms with Crippen molar-refractivity contribution in [1.82, 2.24) is 0 Å². The molecule has 0 fully saturated rings. The van der Waals surface area contributed by atoms with Crippen molar-refractivity contribution in [3.63, 3.8) is 0 Å². The summed E-state index contributed by atoms with van der Waals surface area (Å²) in [4.78, 5) is 0. The third-order valence-electron chi connectivity index (χ3n) is 3.51. The van der Waals surface area contributed by atoms with E-state index in [9.17, 15) is 5.11 Å². The summed E-state index contributed by atoms with van der Waals surface area (Å²) >= 11 is 0. The van der Waals surface area contributed by atoms with Crippen LogP contribution in [0.25, 0.3) is 0 Å². The van der Waals surface area contributed by atoms with Crippen LogP contribution in [-0.4, -0.2) is 10.7 Å². The molecule has 0 saturated carbocycles. The van der Waals surface area contributed by atoms with Crippen LogP contribution >= 0.6 is 0 Å². The van der Waals surface area contributed by atoms with E-state index in [0.717, 1.165) is 32.1 Å². The Morgan fingerprint density at radius 1 is 1.19 bits per heavy atom. The molecule has 92 valence electrons. The highest BCUT2D eigenvalue weighted by molar-refractivity contribution is 5.28. The number of hydrogen-bond acceptors (Lipinski definition) is 1. The SMILES string of the molecule is CCCC1=CC=CC(O)(CCC)C1CCC. The molecule has 2 unspecified atom stereocenters. The summed E-state index contributed by atoms with van der Waals surface area (Å²) < 4.78 is 0. The highest BCUT2D eigenvalue weighted by Gasteiger charge is 2.36. The lowest BCUT2D eigenvalue weighted by molar-refractivity contribution is 0.0271. The molecule has 0 radical (unpaired) electrons. The van der Waals surface area contributed by atoms with Gasteiger partial charge in [0.15, 0.2) is 0 Å². The van der Waals surface area contributed by atoms with E-state index in [1.165, 1.54) is 12.0 Å². The lowest BCUT2D eigenvalue weighted by Gasteiger charge is -2.37. The molecule has 1 rings (SSSR count). The Kier molecular flexibility index (Phi) is 5.27. The lowest BCUT2D eigenvalue weighted by atomic mass is 9.72. The fourth-order valence-electron chi connectivity index (χ4n) is 2.82. The van der Waals surface area contributed by atoms with Gasteiger partial charge in [-0.1, -0.05) is 63.8 Å². The molecule has 0 heterocycles. The zero-order valence-electron chi connectivity index (χ0n) is 11.0. The summed E-state index contributed by atoms with van der Waals surface area (Å²) in [5.74, 6) is 0.349. The Labute approximate surface area is 100 Å². The summed E-state index contributed by atoms with van der Waals surface area (Å²) in [6, 6.07) is 0. The maximum atomic E-state index is 10.7. The molecule has 1 nitrogen and oxygen atoms in total. The van der Waals surface area contributed by atoms with E-state index in [-0.39, 0.29) is 0 Å². The smallest absolute Gasteiger partial charge is 0.0895 e. The molecule has 0 aromatic carbocycles. The molecule has 0 aromatic heterocycles. The van der Waals surface area contributed by atoms with Crippen molar-refractivity contribution in [2.45, 2.75) is 64.9 Å². The van der Waals surface area contributed by atoms with Crippen molar-refractivity contribution in [3.05, 3.63) is 23.8 Å². The summed E-state index contributed by atoms with van der Waals surface area (Å²) in [5.41, 5.74) is 0.868. The molecular weight excluding hydrogens is 196 g/mol. The zero-order chi connectivity index (χ0) is 12.0. The molecule has 1 heteroatoms. The molecule has 1 aliphatic carbocycles. The van der Waals surface area contributed by atoms with Gasteiger partial charge >= 0.3 is 0 Å². The zero-order valence-corrected chi connectivity index (χ0v) is 11.0. The number of aliphatic hydroxyl groups is 1. The first-order valence-electron chi connectivity index (χ1n) is 6.78. The van der Waals surface area contributed by atoms with E-state index in [0.29, 0.717) is 5.92 Å². The van der Waals surface area contributed by atoms with Crippen LogP contribution in [0.1, 0.15) is 59.3 Å². The number of rotatable bonds is 6. The monoisotopic (exact) mass is 222 g/mol. The molecule has 0 saturated heterocycles. The Hall–Kier alpha value is -0.560. The molecule has 0 spiro atoms. The van der Waals surface area contributed by atoms with Crippen LogP contribution in [0.4, 0.5) is 0 Å². The predicted molar refractivity (Wildman–Crippen MR) is 70.4 cm³/mol. The van der Waals surface area contributed by atoms with Gasteiger partial charge in [0, 0.05) is 5.92 Å². The van der Waals surface area contributed by atoms with Crippen LogP contribution in [0, 0.1) is 5.92 Å². The van der Waals surface area contributed by atoms with Gasteiger partial charge in [0.25, 0.3) is 0 Å². The molecular formula is C15H26O. The second-order valence-electron chi connectivity index (χ2n) is 4.93. The van der Waals surface area contributed by atoms with Crippen LogP contribution < -0.4 is 0 Å². The molecule has 0 bridgehead atoms. The minimum Gasteiger partial charge on any atom is -0.385 e. The molecule has 16 heavy (non-hydrogen) atoms. The van der Waals surface area contributed by atoms with Gasteiger partial charge in [0.05, 0.1) is 5.60 Å². The van der Waals surface area contributed by atoms with Gasteiger partial charge in [-0.25, -0.2) is 0 Å². The third kappa shape index (κ3) is 2.98. The van der Waals surface area contributed by atoms with Crippen molar-refractivity contribution in [2.75, 3.05) is 0 Å². The van der Waals surface area contributed by atoms with E-state index in [4.69, 9.17) is 0 Å². The largest absolute Gasteiger partial charge is 0.385 e. The van der Waals surface area contributed by atoms with Crippen molar-refractivity contribution in [2.24, 2.45) is 5.92 Å². The van der Waals surface area contributed by atoms with Gasteiger partial charge in [-0.15, -0.1) is 0 Å². The number of hydrogen-bond donors (Lipinski definition) is 1. The van der Waals surface area contributed by atoms with Crippen LogP contribution in [0.5, 0.6) is 0 Å². The quantitative estimate of drug-likeness (QED) is 0.713. The predicted octanol–water partition coefficient (Wildman–Crippen LogP) is 4.23. The fraction of sp³-hybridized carbons (Fsp3) is 0.733. The first-order valence-corrected chi connectivity index (χ1v) is 6.78. The van der Waals surface area contributed by atoms with Crippen molar-refractivity contribution in [3.8, 4) is 0 Å². The van der Waals surface area contributed by atoms with E-state index >= 15 is 0 Å². The van der Waals surface area contributed by atoms with Gasteiger partial charge in [0.1, 0.15) is 0 Å². The second-order valence-corrected chi connectivity index (χ2v) is 4.93. The Morgan fingerprint density at radius 2 is 1.94 bits per heavy atom. The van der Waals surface area contributed by atoms with Crippen molar-refractivity contribution in [1.29, 1.82) is 0 Å². The summed E-state index contributed by atoms with van der Waals surface area (Å²) in [5, 5.41) is 10.7. The first kappa shape index (κ1) is 13.5. The van der Waals surface area contributed by atoms with Gasteiger partial charge in [-0.3, -0.25) is 0 Å². The van der Waals surface area contributed by atoms with E-state index in [1.807, 2.05) is 12.2 Å². The average molecular weight is 222 g/mol. The average Bonchev–Trinajstić information content (AvgIpc) is 2.24. The third-order valence-corrected chi connectivity index (χ3v) is 3.51. The Balaban J connectivity index is 2.86. The second kappa shape index (κ2) is 6.24.